The van der Waals surface area contributed by atoms with Crippen molar-refractivity contribution in [1.29, 1.82) is 0 Å². The maximum absolute atomic E-state index is 4.61. The third-order valence-electron chi connectivity index (χ3n) is 0.642. The first-order chi connectivity index (χ1) is 3.83. The standard InChI is InChI=1S/C4H4N2S2/c1-3-5-6-4(2-7)8-3/h2H,1H3. The van der Waals surface area contributed by atoms with Crippen LogP contribution in [0.1, 0.15) is 10.0 Å². The van der Waals surface area contributed by atoms with Crippen LogP contribution in [0.5, 0.6) is 0 Å². The fourth-order valence-electron chi connectivity index (χ4n) is 0.359. The lowest BCUT2D eigenvalue weighted by molar-refractivity contribution is 1.04. The van der Waals surface area contributed by atoms with Crippen LogP contribution in [0.3, 0.4) is 0 Å². The number of thiocarbonyl (C=S) groups is 1. The Morgan fingerprint density at radius 2 is 2.38 bits per heavy atom. The van der Waals surface area contributed by atoms with E-state index in [4.69, 9.17) is 0 Å². The van der Waals surface area contributed by atoms with Crippen molar-refractivity contribution in [2.75, 3.05) is 0 Å². The summed E-state index contributed by atoms with van der Waals surface area (Å²) in [5.74, 6) is 0. The lowest BCUT2D eigenvalue weighted by Gasteiger charge is -1.67. The molecule has 42 valence electrons. The van der Waals surface area contributed by atoms with E-state index in [-0.39, 0.29) is 0 Å². The molecule has 1 rings (SSSR count). The van der Waals surface area contributed by atoms with Crippen molar-refractivity contribution in [2.45, 2.75) is 6.92 Å². The number of hydrogen-bond acceptors (Lipinski definition) is 4. The molecule has 0 unspecified atom stereocenters. The van der Waals surface area contributed by atoms with E-state index in [0.29, 0.717) is 0 Å². The smallest absolute Gasteiger partial charge is 0.143 e. The number of aromatic nitrogens is 2. The second-order valence-electron chi connectivity index (χ2n) is 1.28. The molecule has 0 atom stereocenters. The van der Waals surface area contributed by atoms with Crippen molar-refractivity contribution in [1.82, 2.24) is 10.2 Å². The van der Waals surface area contributed by atoms with Gasteiger partial charge in [0.05, 0.1) is 0 Å². The lowest BCUT2D eigenvalue weighted by Crippen LogP contribution is -1.73. The van der Waals surface area contributed by atoms with Crippen LogP contribution in [0.25, 0.3) is 0 Å². The highest BCUT2D eigenvalue weighted by Gasteiger charge is 1.91. The van der Waals surface area contributed by atoms with Gasteiger partial charge >= 0.3 is 0 Å². The largest absolute Gasteiger partial charge is 0.151 e. The minimum absolute atomic E-state index is 0.817. The van der Waals surface area contributed by atoms with E-state index in [1.165, 1.54) is 16.7 Å². The van der Waals surface area contributed by atoms with Gasteiger partial charge in [0, 0.05) is 5.37 Å². The Morgan fingerprint density at radius 1 is 1.62 bits per heavy atom. The molecule has 0 bridgehead atoms. The minimum Gasteiger partial charge on any atom is -0.143 e. The quantitative estimate of drug-likeness (QED) is 0.554. The molecule has 0 radical (unpaired) electrons. The van der Waals surface area contributed by atoms with E-state index in [0.717, 1.165) is 10.0 Å². The Bertz CT molecular complexity index is 194. The van der Waals surface area contributed by atoms with E-state index < -0.39 is 0 Å². The second-order valence-corrected chi connectivity index (χ2v) is 2.73. The zero-order valence-electron chi connectivity index (χ0n) is 4.29. The summed E-state index contributed by atoms with van der Waals surface area (Å²) >= 11 is 6.12. The molecule has 0 amide bonds. The number of rotatable bonds is 1. The summed E-state index contributed by atoms with van der Waals surface area (Å²) in [5.41, 5.74) is 0. The first kappa shape index (κ1) is 5.78. The van der Waals surface area contributed by atoms with Crippen molar-refractivity contribution >= 4 is 28.9 Å². The monoisotopic (exact) mass is 144 g/mol. The van der Waals surface area contributed by atoms with Crippen LogP contribution < -0.4 is 0 Å². The molecule has 2 nitrogen and oxygen atoms in total. The summed E-state index contributed by atoms with van der Waals surface area (Å²) < 4.78 is 0. The summed E-state index contributed by atoms with van der Waals surface area (Å²) in [6.45, 7) is 1.90. The lowest BCUT2D eigenvalue weighted by atomic mass is 10.9. The first-order valence-electron chi connectivity index (χ1n) is 2.08. The summed E-state index contributed by atoms with van der Waals surface area (Å²) in [5, 5.41) is 10.8. The van der Waals surface area contributed by atoms with E-state index in [1.807, 2.05) is 6.92 Å². The Labute approximate surface area is 56.6 Å². The van der Waals surface area contributed by atoms with E-state index >= 15 is 0 Å². The van der Waals surface area contributed by atoms with Crippen molar-refractivity contribution in [3.63, 3.8) is 0 Å². The number of nitrogens with zero attached hydrogens (tertiary/aromatic N) is 2. The van der Waals surface area contributed by atoms with Crippen molar-refractivity contribution < 1.29 is 0 Å². The van der Waals surface area contributed by atoms with Crippen molar-refractivity contribution in [3.8, 4) is 0 Å². The van der Waals surface area contributed by atoms with Crippen LogP contribution in [-0.2, 0) is 0 Å². The van der Waals surface area contributed by atoms with Crippen LogP contribution in [0, 0.1) is 6.92 Å². The van der Waals surface area contributed by atoms with E-state index in [9.17, 15) is 0 Å². The zero-order valence-corrected chi connectivity index (χ0v) is 5.92. The predicted molar refractivity (Wildman–Crippen MR) is 37.4 cm³/mol. The average molecular weight is 144 g/mol. The Morgan fingerprint density at radius 3 is 2.62 bits per heavy atom. The van der Waals surface area contributed by atoms with Gasteiger partial charge in [-0.05, 0) is 6.92 Å². The van der Waals surface area contributed by atoms with E-state index in [2.05, 4.69) is 22.4 Å². The summed E-state index contributed by atoms with van der Waals surface area (Å²) in [4.78, 5) is 0. The third-order valence-corrected chi connectivity index (χ3v) is 1.80. The van der Waals surface area contributed by atoms with Gasteiger partial charge in [0.1, 0.15) is 5.01 Å². The van der Waals surface area contributed by atoms with Gasteiger partial charge in [0.15, 0.2) is 5.01 Å². The highest BCUT2D eigenvalue weighted by Crippen LogP contribution is 2.03. The highest BCUT2D eigenvalue weighted by atomic mass is 32.1. The topological polar surface area (TPSA) is 25.8 Å². The van der Waals surface area contributed by atoms with Crippen LogP contribution in [0.15, 0.2) is 0 Å². The van der Waals surface area contributed by atoms with Crippen LogP contribution in [0.4, 0.5) is 0 Å². The van der Waals surface area contributed by atoms with Gasteiger partial charge in [-0.3, -0.25) is 0 Å². The van der Waals surface area contributed by atoms with Gasteiger partial charge in [-0.25, -0.2) is 0 Å². The third kappa shape index (κ3) is 1.08. The molecule has 4 heteroatoms. The van der Waals surface area contributed by atoms with Crippen LogP contribution >= 0.6 is 23.6 Å². The highest BCUT2D eigenvalue weighted by molar-refractivity contribution is 7.79. The normalized spacial score (nSPS) is 9.12. The molecule has 0 N–H and O–H groups in total. The Kier molecular flexibility index (Phi) is 1.65. The Hall–Kier alpha value is -0.350. The molecule has 0 aliphatic carbocycles. The molecule has 1 heterocycles. The van der Waals surface area contributed by atoms with Crippen LogP contribution in [0.2, 0.25) is 0 Å². The fraction of sp³-hybridized carbons (Fsp3) is 0.250. The van der Waals surface area contributed by atoms with Crippen molar-refractivity contribution in [2.24, 2.45) is 0 Å². The molecule has 0 aromatic carbocycles. The van der Waals surface area contributed by atoms with Crippen LogP contribution in [-0.4, -0.2) is 15.6 Å². The molecule has 0 fully saturated rings. The SMILES string of the molecule is Cc1nnc(C=S)s1. The van der Waals surface area contributed by atoms with Gasteiger partial charge in [0.2, 0.25) is 0 Å². The molecule has 0 aliphatic heterocycles. The molecule has 0 saturated carbocycles. The fourth-order valence-corrected chi connectivity index (χ4v) is 1.07. The van der Waals surface area contributed by atoms with Gasteiger partial charge in [-0.15, -0.1) is 10.2 Å². The molecule has 1 aromatic rings. The van der Waals surface area contributed by atoms with Gasteiger partial charge in [-0.2, -0.15) is 0 Å². The Balaban J connectivity index is 3.00. The summed E-state index contributed by atoms with van der Waals surface area (Å²) in [7, 11) is 0. The molecule has 0 spiro atoms. The van der Waals surface area contributed by atoms with E-state index in [1.54, 1.807) is 0 Å². The number of hydrogen-bond donors (Lipinski definition) is 0. The minimum atomic E-state index is 0.817. The molecule has 0 saturated heterocycles. The molecular formula is C4H4N2S2. The van der Waals surface area contributed by atoms with Gasteiger partial charge in [-0.1, -0.05) is 23.6 Å². The molecule has 0 aliphatic rings. The van der Waals surface area contributed by atoms with Gasteiger partial charge in [0.25, 0.3) is 0 Å². The molecule has 8 heavy (non-hydrogen) atoms. The number of aryl methyl sites for hydroxylation is 1. The first-order valence-corrected chi connectivity index (χ1v) is 3.37. The summed E-state index contributed by atoms with van der Waals surface area (Å²) in [6, 6.07) is 0. The maximum atomic E-state index is 4.61. The molecule has 1 aromatic heterocycles. The maximum Gasteiger partial charge on any atom is 0.151 e. The average Bonchev–Trinajstić information content (AvgIpc) is 2.14. The van der Waals surface area contributed by atoms with Gasteiger partial charge < -0.3 is 0 Å². The summed E-state index contributed by atoms with van der Waals surface area (Å²) in [6.07, 6.45) is 0. The predicted octanol–water partition coefficient (Wildman–Crippen LogP) is 1.19. The van der Waals surface area contributed by atoms with Crippen molar-refractivity contribution in [3.05, 3.63) is 10.0 Å². The second kappa shape index (κ2) is 2.28. The molecular weight excluding hydrogens is 140 g/mol. The zero-order chi connectivity index (χ0) is 5.98.